The molecule has 4 aromatic rings. The van der Waals surface area contributed by atoms with Gasteiger partial charge in [-0.15, -0.1) is 15.3 Å². The molecule has 2 unspecified atom stereocenters. The number of H-pyrrole nitrogens is 1. The second-order valence-corrected chi connectivity index (χ2v) is 9.93. The lowest BCUT2D eigenvalue weighted by Crippen LogP contribution is -2.41. The third-order valence-electron chi connectivity index (χ3n) is 5.44. The molecule has 0 spiro atoms. The van der Waals surface area contributed by atoms with Crippen molar-refractivity contribution in [2.24, 2.45) is 0 Å². The van der Waals surface area contributed by atoms with Gasteiger partial charge in [0.05, 0.1) is 19.8 Å². The van der Waals surface area contributed by atoms with E-state index in [0.717, 1.165) is 28.1 Å². The molecule has 9 nitrogen and oxygen atoms in total. The van der Waals surface area contributed by atoms with E-state index in [0.29, 0.717) is 23.9 Å². The molecule has 2 aromatic heterocycles. The van der Waals surface area contributed by atoms with Gasteiger partial charge in [-0.05, 0) is 30.2 Å². The molecule has 1 aliphatic rings. The monoisotopic (exact) mass is 495 g/mol. The van der Waals surface area contributed by atoms with Crippen molar-refractivity contribution in [1.82, 2.24) is 30.1 Å². The highest BCUT2D eigenvalue weighted by Crippen LogP contribution is 2.43. The summed E-state index contributed by atoms with van der Waals surface area (Å²) in [6.07, 6.45) is 0.0939. The first-order chi connectivity index (χ1) is 16.6. The summed E-state index contributed by atoms with van der Waals surface area (Å²) < 4.78 is 7.28. The highest BCUT2D eigenvalue weighted by atomic mass is 32.2. The number of benzene rings is 2. The minimum Gasteiger partial charge on any atom is -0.497 e. The predicted molar refractivity (Wildman–Crippen MR) is 132 cm³/mol. The minimum absolute atomic E-state index is 0.0178. The molecule has 0 amide bonds. The van der Waals surface area contributed by atoms with Gasteiger partial charge in [-0.25, -0.2) is 9.66 Å². The topological polar surface area (TPSA) is 105 Å². The number of hydrogen-bond donors (Lipinski definition) is 2. The van der Waals surface area contributed by atoms with E-state index in [-0.39, 0.29) is 5.37 Å². The van der Waals surface area contributed by atoms with E-state index in [1.165, 1.54) is 17.3 Å². The van der Waals surface area contributed by atoms with Crippen molar-refractivity contribution in [3.63, 3.8) is 0 Å². The lowest BCUT2D eigenvalue weighted by atomic mass is 10.1. The molecule has 0 saturated carbocycles. The van der Waals surface area contributed by atoms with Crippen molar-refractivity contribution >= 4 is 23.5 Å². The van der Waals surface area contributed by atoms with Crippen LogP contribution in [0.1, 0.15) is 28.1 Å². The van der Waals surface area contributed by atoms with Gasteiger partial charge in [-0.2, -0.15) is 0 Å². The molecule has 5 rings (SSSR count). The third-order valence-corrected chi connectivity index (χ3v) is 7.64. The maximum atomic E-state index is 10.9. The van der Waals surface area contributed by atoms with E-state index in [1.807, 2.05) is 54.1 Å². The van der Waals surface area contributed by atoms with Crippen LogP contribution in [0.3, 0.4) is 0 Å². The molecule has 0 bridgehead atoms. The number of aryl methyl sites for hydroxylation is 1. The fourth-order valence-electron chi connectivity index (χ4n) is 3.81. The van der Waals surface area contributed by atoms with Gasteiger partial charge in [0, 0.05) is 12.2 Å². The maximum absolute atomic E-state index is 10.9. The Bertz CT molecular complexity index is 1230. The Kier molecular flexibility index (Phi) is 6.75. The Labute approximate surface area is 205 Å². The molecule has 0 fully saturated rings. The molecule has 176 valence electrons. The number of thioether (sulfide) groups is 2. The Balaban J connectivity index is 1.24. The van der Waals surface area contributed by atoms with Crippen LogP contribution in [0.2, 0.25) is 0 Å². The number of β-amino-alcohol motifs (C(OH)–C–C–N with tert-alkyl or cyclic N) is 1. The summed E-state index contributed by atoms with van der Waals surface area (Å²) in [5, 5.41) is 30.2. The predicted octanol–water partition coefficient (Wildman–Crippen LogP) is 3.20. The number of aromatic nitrogens is 6. The van der Waals surface area contributed by atoms with Gasteiger partial charge in [0.1, 0.15) is 22.8 Å². The molecule has 3 heterocycles. The summed E-state index contributed by atoms with van der Waals surface area (Å²) >= 11 is 3.06. The first kappa shape index (κ1) is 22.8. The van der Waals surface area contributed by atoms with Crippen LogP contribution in [0.4, 0.5) is 0 Å². The fourth-order valence-corrected chi connectivity index (χ4v) is 5.76. The van der Waals surface area contributed by atoms with Crippen LogP contribution in [0, 0.1) is 6.92 Å². The number of aromatic amines is 1. The number of nitrogens with one attached hydrogen (secondary N) is 1. The Morgan fingerprint density at radius 2 is 1.94 bits per heavy atom. The van der Waals surface area contributed by atoms with Crippen LogP contribution in [0.15, 0.2) is 64.9 Å². The van der Waals surface area contributed by atoms with Gasteiger partial charge in [-0.3, -0.25) is 10.1 Å². The Morgan fingerprint density at radius 3 is 2.71 bits per heavy atom. The molecule has 2 aromatic carbocycles. The van der Waals surface area contributed by atoms with Crippen molar-refractivity contribution in [3.05, 3.63) is 77.4 Å². The summed E-state index contributed by atoms with van der Waals surface area (Å²) in [6.45, 7) is 2.34. The average molecular weight is 496 g/mol. The zero-order valence-corrected chi connectivity index (χ0v) is 20.5. The third kappa shape index (κ3) is 4.91. The smallest absolute Gasteiger partial charge is 0.212 e. The molecule has 0 saturated heterocycles. The van der Waals surface area contributed by atoms with Gasteiger partial charge >= 0.3 is 0 Å². The van der Waals surface area contributed by atoms with Crippen LogP contribution in [-0.2, 0) is 6.42 Å². The van der Waals surface area contributed by atoms with Crippen LogP contribution < -0.4 is 9.75 Å². The van der Waals surface area contributed by atoms with Crippen molar-refractivity contribution in [3.8, 4) is 5.75 Å². The summed E-state index contributed by atoms with van der Waals surface area (Å²) in [4.78, 5) is 4.56. The molecule has 34 heavy (non-hydrogen) atoms. The average Bonchev–Trinajstić information content (AvgIpc) is 3.56. The van der Waals surface area contributed by atoms with Crippen molar-refractivity contribution in [2.45, 2.75) is 35.1 Å². The van der Waals surface area contributed by atoms with Crippen molar-refractivity contribution in [2.75, 3.05) is 24.4 Å². The Morgan fingerprint density at radius 1 is 1.15 bits per heavy atom. The van der Waals surface area contributed by atoms with E-state index in [4.69, 9.17) is 4.74 Å². The van der Waals surface area contributed by atoms with E-state index < -0.39 is 6.10 Å². The van der Waals surface area contributed by atoms with Gasteiger partial charge in [-0.1, -0.05) is 66.0 Å². The lowest BCUT2D eigenvalue weighted by molar-refractivity contribution is 0.194. The summed E-state index contributed by atoms with van der Waals surface area (Å²) in [5.41, 5.74) is 2.28. The first-order valence-corrected chi connectivity index (χ1v) is 12.7. The molecule has 2 atom stereocenters. The SMILES string of the molecule is COc1ccc(C2Sc3nnc(C)n3N2CC(O)CSc2n[nH]c(Cc3ccccc3)n2)cc1. The summed E-state index contributed by atoms with van der Waals surface area (Å²) in [5.74, 6) is 2.88. The van der Waals surface area contributed by atoms with E-state index in [2.05, 4.69) is 42.5 Å². The number of ether oxygens (including phenoxy) is 1. The quantitative estimate of drug-likeness (QED) is 0.339. The highest BCUT2D eigenvalue weighted by Gasteiger charge is 2.35. The van der Waals surface area contributed by atoms with Crippen LogP contribution in [0.5, 0.6) is 5.75 Å². The zero-order chi connectivity index (χ0) is 23.5. The second kappa shape index (κ2) is 10.1. The van der Waals surface area contributed by atoms with Gasteiger partial charge < -0.3 is 9.84 Å². The van der Waals surface area contributed by atoms with Gasteiger partial charge in [0.2, 0.25) is 10.3 Å². The second-order valence-electron chi connectivity index (χ2n) is 7.90. The van der Waals surface area contributed by atoms with E-state index in [9.17, 15) is 5.11 Å². The fraction of sp³-hybridized carbons (Fsp3) is 0.304. The number of aliphatic hydroxyl groups excluding tert-OH is 1. The molecular formula is C23H25N7O2S2. The number of aliphatic hydroxyl groups is 1. The summed E-state index contributed by atoms with van der Waals surface area (Å²) in [7, 11) is 1.66. The molecule has 2 N–H and O–H groups in total. The van der Waals surface area contributed by atoms with Crippen LogP contribution in [-0.4, -0.2) is 60.7 Å². The maximum Gasteiger partial charge on any atom is 0.212 e. The summed E-state index contributed by atoms with van der Waals surface area (Å²) in [6, 6.07) is 18.1. The standard InChI is InChI=1S/C23H25N7O2S2/c1-15-25-28-23-30(15)29(21(34-23)17-8-10-19(32-2)11-9-17)13-18(31)14-33-22-24-20(26-27-22)12-16-6-4-3-5-7-16/h3-11,18,21,31H,12-14H2,1-2H3,(H,24,26,27). The van der Waals surface area contributed by atoms with E-state index >= 15 is 0 Å². The molecule has 11 heteroatoms. The largest absolute Gasteiger partial charge is 0.497 e. The molecule has 0 aliphatic carbocycles. The van der Waals surface area contributed by atoms with Gasteiger partial charge in [0.25, 0.3) is 0 Å². The van der Waals surface area contributed by atoms with Crippen LogP contribution >= 0.6 is 23.5 Å². The zero-order valence-electron chi connectivity index (χ0n) is 18.8. The minimum atomic E-state index is -0.602. The van der Waals surface area contributed by atoms with Crippen molar-refractivity contribution in [1.29, 1.82) is 0 Å². The van der Waals surface area contributed by atoms with Crippen LogP contribution in [0.25, 0.3) is 0 Å². The normalized spacial score (nSPS) is 16.0. The number of hydrogen-bond acceptors (Lipinski definition) is 9. The first-order valence-electron chi connectivity index (χ1n) is 10.9. The molecule has 1 aliphatic heterocycles. The number of nitrogens with zero attached hydrogens (tertiary/aromatic N) is 6. The lowest BCUT2D eigenvalue weighted by Gasteiger charge is -2.29. The molecule has 0 radical (unpaired) electrons. The molecular weight excluding hydrogens is 470 g/mol. The highest BCUT2D eigenvalue weighted by molar-refractivity contribution is 7.99. The number of methoxy groups -OCH3 is 1. The number of fused-ring (bicyclic) bond motifs is 1. The Hall–Kier alpha value is -3.02. The number of rotatable bonds is 9. The van der Waals surface area contributed by atoms with Crippen molar-refractivity contribution < 1.29 is 9.84 Å². The van der Waals surface area contributed by atoms with E-state index in [1.54, 1.807) is 18.9 Å². The van der Waals surface area contributed by atoms with Gasteiger partial charge in [0.15, 0.2) is 0 Å².